The zero-order valence-electron chi connectivity index (χ0n) is 65.6. The number of carbonyl (C=O) groups excluding carboxylic acids is 3. The number of aliphatic hydroxyl groups excluding tert-OH is 6. The summed E-state index contributed by atoms with van der Waals surface area (Å²) in [7, 11) is 8.41. The lowest BCUT2D eigenvalue weighted by Gasteiger charge is -2.49. The van der Waals surface area contributed by atoms with E-state index in [1.54, 1.807) is 116 Å². The standard InChI is InChI=1S/C75H129N3O26/c1-34-30-70(15,88)62(103-68-54(80)48(77(19)20)28-36(3)95-68)40(7)56(99-50-32-72(17,92-22)60(84)46(13)97-50)42(9)66(86)101-64-44(11)74(64,90)58(82)38(5)52(34)76-94-27-25-24-26-78(21)49-29-37(4)96-69(55(49)81)104-63-41(8)57(100-51-33-73(18,93-23)61(85)47(14)98-51)43(10)67(87)102-65-45(12)75(65,91)59(83)39(6)53(79)35(2)31-71(63,16)89/h24-25,34-51,54-65,68-69,80-85,88-91H,26-33H2,1-23H3/b25-24+,76-52?/t34-,35-,36?,37?,38+,39+,40+,41+,42-,43-,44?,45?,46?,47?,48?,49?,50?,51?,54?,55?,56+,57+,58-,59-,60?,61?,62-,63-,64-,65-,68?,69?,70?,71?,72?,73?,74+,75+/m1/s1. The van der Waals surface area contributed by atoms with Crippen LogP contribution >= 0.6 is 0 Å². The molecule has 600 valence electrons. The Bertz CT molecular complexity index is 2950. The topological polar surface area (TPSA) is 392 Å². The number of oxime groups is 1. The van der Waals surface area contributed by atoms with Crippen LogP contribution < -0.4 is 0 Å². The van der Waals surface area contributed by atoms with Crippen LogP contribution in [0.3, 0.4) is 0 Å². The molecular weight excluding hydrogens is 1360 g/mol. The van der Waals surface area contributed by atoms with E-state index in [0.717, 1.165) is 0 Å². The zero-order valence-corrected chi connectivity index (χ0v) is 65.6. The van der Waals surface area contributed by atoms with E-state index in [1.807, 2.05) is 37.7 Å². The second-order valence-electron chi connectivity index (χ2n) is 33.7. The average molecular weight is 1490 g/mol. The van der Waals surface area contributed by atoms with Gasteiger partial charge < -0.3 is 118 Å². The van der Waals surface area contributed by atoms with Crippen molar-refractivity contribution in [2.24, 2.45) is 64.3 Å². The summed E-state index contributed by atoms with van der Waals surface area (Å²) in [5.41, 5.74) is -9.74. The summed E-state index contributed by atoms with van der Waals surface area (Å²) >= 11 is 0. The van der Waals surface area contributed by atoms with Gasteiger partial charge in [0, 0.05) is 93.0 Å². The molecule has 0 aromatic heterocycles. The number of ether oxygens (including phenoxy) is 12. The van der Waals surface area contributed by atoms with Gasteiger partial charge in [0.25, 0.3) is 0 Å². The van der Waals surface area contributed by atoms with E-state index in [9.17, 15) is 65.4 Å². The lowest BCUT2D eigenvalue weighted by Crippen LogP contribution is -2.61. The molecule has 6 saturated heterocycles. The molecule has 0 aromatic rings. The molecule has 38 atom stereocenters. The molecule has 2 saturated carbocycles. The number of esters is 2. The first-order chi connectivity index (χ1) is 48.2. The Morgan fingerprint density at radius 2 is 0.913 bits per heavy atom. The summed E-state index contributed by atoms with van der Waals surface area (Å²) in [5, 5.41) is 125. The lowest BCUT2D eigenvalue weighted by molar-refractivity contribution is -0.318. The van der Waals surface area contributed by atoms with Crippen LogP contribution in [0.1, 0.15) is 163 Å². The number of fused-ring (bicyclic) bond motifs is 2. The highest BCUT2D eigenvalue weighted by atomic mass is 16.7. The number of hydrogen-bond acceptors (Lipinski definition) is 29. The first kappa shape index (κ1) is 86.5. The van der Waals surface area contributed by atoms with Crippen LogP contribution in [0.2, 0.25) is 0 Å². The van der Waals surface area contributed by atoms with Gasteiger partial charge in [0.05, 0.1) is 101 Å². The number of aliphatic hydroxyl groups is 10. The summed E-state index contributed by atoms with van der Waals surface area (Å²) in [6.45, 7) is 30.1. The Balaban J connectivity index is 1.04. The Kier molecular flexibility index (Phi) is 27.9. The van der Waals surface area contributed by atoms with Gasteiger partial charge in [-0.05, 0) is 122 Å². The van der Waals surface area contributed by atoms with Gasteiger partial charge in [0.1, 0.15) is 60.2 Å². The quantitative estimate of drug-likeness (QED) is 0.0433. The van der Waals surface area contributed by atoms with Gasteiger partial charge in [-0.2, -0.15) is 0 Å². The van der Waals surface area contributed by atoms with Crippen molar-refractivity contribution < 1.29 is 127 Å². The summed E-state index contributed by atoms with van der Waals surface area (Å²) < 4.78 is 76.2. The molecule has 10 N–H and O–H groups in total. The van der Waals surface area contributed by atoms with E-state index in [2.05, 4.69) is 5.16 Å². The van der Waals surface area contributed by atoms with Crippen molar-refractivity contribution in [3.63, 3.8) is 0 Å². The predicted molar refractivity (Wildman–Crippen MR) is 375 cm³/mol. The average Bonchev–Trinajstić information content (AvgIpc) is 1.57. The summed E-state index contributed by atoms with van der Waals surface area (Å²) in [6, 6.07) is -1.04. The van der Waals surface area contributed by atoms with E-state index in [4.69, 9.17) is 61.7 Å². The zero-order chi connectivity index (χ0) is 77.9. The first-order valence-electron chi connectivity index (χ1n) is 37.7. The fraction of sp³-hybridized carbons (Fsp3) is 0.920. The third-order valence-corrected chi connectivity index (χ3v) is 25.2. The maximum atomic E-state index is 14.6. The van der Waals surface area contributed by atoms with Crippen LogP contribution in [0.25, 0.3) is 0 Å². The summed E-state index contributed by atoms with van der Waals surface area (Å²) in [5.74, 6) is -11.5. The SMILES string of the molecule is COC1(C)CC(O[C@H]2[C@H](C)[C@@H](OC3OC(C)CC(N(C)C)C3O)C(C)(O)C[C@@H](C)C(=NOC/C=C/CN(C)C3CC(C)OC(O[C@@H]4[C@@H](C)[C@H](OC5CC(C)(OC)C(O)C(C)O5)[C@@H](C)C(=O)O[C@@H]5C(C)[C@]5(O)[C@H](O)[C@@H](C)C(=O)[C@H](C)CC4(C)O)C3O)[C@H](C)[C@@H](O)[C@@]3(O)C(C)[C@H]3OC(=O)[C@@H]2C)OC(C)C1O. The lowest BCUT2D eigenvalue weighted by atomic mass is 9.75. The van der Waals surface area contributed by atoms with Gasteiger partial charge >= 0.3 is 11.9 Å². The highest BCUT2D eigenvalue weighted by molar-refractivity contribution is 5.89. The first-order valence-corrected chi connectivity index (χ1v) is 37.7. The third kappa shape index (κ3) is 17.6. The number of Topliss-reactive ketones (excluding diaryl/α,β-unsaturated/α-hetero) is 1. The number of likely N-dealkylation sites (N-methyl/N-ethyl adjacent to an activating group) is 2. The molecule has 2 aliphatic carbocycles. The Morgan fingerprint density at radius 1 is 0.510 bits per heavy atom. The normalized spacial score (nSPS) is 51.6. The Morgan fingerprint density at radius 3 is 1.34 bits per heavy atom. The molecule has 0 amide bonds. The van der Waals surface area contributed by atoms with Gasteiger partial charge in [0.2, 0.25) is 0 Å². The van der Waals surface area contributed by atoms with Crippen LogP contribution in [0.15, 0.2) is 17.3 Å². The molecular formula is C75H129N3O26. The number of rotatable bonds is 17. The predicted octanol–water partition coefficient (Wildman–Crippen LogP) is 2.75. The maximum Gasteiger partial charge on any atom is 0.311 e. The minimum absolute atomic E-state index is 0.0124. The molecule has 8 rings (SSSR count). The molecule has 0 aromatic carbocycles. The molecule has 8 fully saturated rings. The largest absolute Gasteiger partial charge is 0.458 e. The number of hydrogen-bond donors (Lipinski definition) is 10. The van der Waals surface area contributed by atoms with Crippen molar-refractivity contribution in [2.45, 2.75) is 332 Å². The van der Waals surface area contributed by atoms with E-state index in [0.29, 0.717) is 12.8 Å². The van der Waals surface area contributed by atoms with Crippen LogP contribution in [0, 0.1) is 59.2 Å². The van der Waals surface area contributed by atoms with Crippen molar-refractivity contribution in [3.8, 4) is 0 Å². The Labute approximate surface area is 614 Å². The second-order valence-corrected chi connectivity index (χ2v) is 33.7. The maximum absolute atomic E-state index is 14.6. The van der Waals surface area contributed by atoms with Crippen molar-refractivity contribution in [2.75, 3.05) is 48.5 Å². The molecule has 104 heavy (non-hydrogen) atoms. The van der Waals surface area contributed by atoms with Crippen LogP contribution in [0.4, 0.5) is 0 Å². The fourth-order valence-corrected chi connectivity index (χ4v) is 18.0. The molecule has 6 aliphatic heterocycles. The molecule has 0 radical (unpaired) electrons. The van der Waals surface area contributed by atoms with E-state index < -0.39 is 239 Å². The van der Waals surface area contributed by atoms with Crippen molar-refractivity contribution >= 4 is 23.4 Å². The molecule has 29 heteroatoms. The fourth-order valence-electron chi connectivity index (χ4n) is 18.0. The van der Waals surface area contributed by atoms with Crippen molar-refractivity contribution in [3.05, 3.63) is 12.2 Å². The Hall–Kier alpha value is -3.06. The van der Waals surface area contributed by atoms with Crippen LogP contribution in [0.5, 0.6) is 0 Å². The summed E-state index contributed by atoms with van der Waals surface area (Å²) in [4.78, 5) is 53.2. The number of ketones is 1. The molecule has 0 spiro atoms. The second kappa shape index (κ2) is 33.5. The molecule has 29 nitrogen and oxygen atoms in total. The minimum atomic E-state index is -1.96. The smallest absolute Gasteiger partial charge is 0.311 e. The van der Waals surface area contributed by atoms with Gasteiger partial charge in [0.15, 0.2) is 25.2 Å². The van der Waals surface area contributed by atoms with Crippen molar-refractivity contribution in [1.82, 2.24) is 9.80 Å². The van der Waals surface area contributed by atoms with Gasteiger partial charge in [-0.25, -0.2) is 0 Å². The third-order valence-electron chi connectivity index (χ3n) is 25.2. The monoisotopic (exact) mass is 1490 g/mol. The molecule has 6 heterocycles. The van der Waals surface area contributed by atoms with Crippen molar-refractivity contribution in [1.29, 1.82) is 0 Å². The van der Waals surface area contributed by atoms with Crippen LogP contribution in [-0.2, 0) is 76.1 Å². The van der Waals surface area contributed by atoms with Crippen LogP contribution in [-0.4, -0.2) is 301 Å². The summed E-state index contributed by atoms with van der Waals surface area (Å²) in [6.07, 6.45) is -18.5. The molecule has 20 unspecified atom stereocenters. The van der Waals surface area contributed by atoms with E-state index >= 15 is 0 Å². The highest BCUT2D eigenvalue weighted by Crippen LogP contribution is 2.54. The van der Waals surface area contributed by atoms with E-state index in [1.165, 1.54) is 28.1 Å². The molecule has 8 aliphatic rings. The number of carbonyl (C=O) groups is 3. The highest BCUT2D eigenvalue weighted by Gasteiger charge is 2.72. The van der Waals surface area contributed by atoms with Gasteiger partial charge in [-0.1, -0.05) is 66.6 Å². The van der Waals surface area contributed by atoms with Gasteiger partial charge in [-0.15, -0.1) is 0 Å². The molecule has 0 bridgehead atoms. The minimum Gasteiger partial charge on any atom is -0.458 e. The number of nitrogens with zero attached hydrogens (tertiary/aromatic N) is 3. The van der Waals surface area contributed by atoms with Gasteiger partial charge in [-0.3, -0.25) is 19.3 Å². The number of methoxy groups -OCH3 is 2. The van der Waals surface area contributed by atoms with E-state index in [-0.39, 0.29) is 50.7 Å².